The number of H-pyrrole nitrogens is 1. The van der Waals surface area contributed by atoms with Crippen LogP contribution in [0.2, 0.25) is 0 Å². The molecule has 0 amide bonds. The Labute approximate surface area is 64.5 Å². The van der Waals surface area contributed by atoms with Crippen molar-refractivity contribution in [3.63, 3.8) is 0 Å². The molecule has 0 unspecified atom stereocenters. The molecule has 0 bridgehead atoms. The van der Waals surface area contributed by atoms with Crippen molar-refractivity contribution in [2.75, 3.05) is 0 Å². The molecule has 0 aliphatic heterocycles. The fourth-order valence-corrected chi connectivity index (χ4v) is 1.34. The van der Waals surface area contributed by atoms with Crippen molar-refractivity contribution in [2.24, 2.45) is 0 Å². The second-order valence-electron chi connectivity index (χ2n) is 2.93. The van der Waals surface area contributed by atoms with Gasteiger partial charge in [0.05, 0.1) is 0 Å². The van der Waals surface area contributed by atoms with Crippen molar-refractivity contribution in [3.8, 4) is 0 Å². The van der Waals surface area contributed by atoms with Crippen LogP contribution >= 0.6 is 0 Å². The number of hydrogen-bond donors (Lipinski definition) is 1. The van der Waals surface area contributed by atoms with E-state index in [1.807, 2.05) is 0 Å². The summed E-state index contributed by atoms with van der Waals surface area (Å²) in [6.07, 6.45) is 6.71. The molecule has 1 aliphatic carbocycles. The van der Waals surface area contributed by atoms with E-state index < -0.39 is 0 Å². The second kappa shape index (κ2) is 2.49. The molecule has 1 N–H and O–H groups in total. The van der Waals surface area contributed by atoms with E-state index in [-0.39, 0.29) is 5.56 Å². The van der Waals surface area contributed by atoms with Crippen molar-refractivity contribution < 1.29 is 0 Å². The quantitative estimate of drug-likeness (QED) is 0.650. The van der Waals surface area contributed by atoms with E-state index in [1.54, 1.807) is 12.4 Å². The van der Waals surface area contributed by atoms with Crippen molar-refractivity contribution >= 4 is 0 Å². The predicted molar refractivity (Wildman–Crippen MR) is 41.4 cm³/mol. The van der Waals surface area contributed by atoms with E-state index in [2.05, 4.69) is 9.97 Å². The number of nitrogens with zero attached hydrogens (tertiary/aromatic N) is 1. The summed E-state index contributed by atoms with van der Waals surface area (Å²) in [6, 6.07) is 0. The Balaban J connectivity index is 2.36. The first-order valence-corrected chi connectivity index (χ1v) is 3.91. The monoisotopic (exact) mass is 150 g/mol. The van der Waals surface area contributed by atoms with Crippen molar-refractivity contribution in [1.82, 2.24) is 9.97 Å². The van der Waals surface area contributed by atoms with Gasteiger partial charge in [-0.3, -0.25) is 9.78 Å². The van der Waals surface area contributed by atoms with Gasteiger partial charge in [0.2, 0.25) is 0 Å². The summed E-state index contributed by atoms with van der Waals surface area (Å²) < 4.78 is 0. The van der Waals surface area contributed by atoms with Crippen LogP contribution in [0.4, 0.5) is 0 Å². The number of nitrogens with one attached hydrogen (secondary N) is 1. The largest absolute Gasteiger partial charge is 0.326 e. The zero-order valence-electron chi connectivity index (χ0n) is 6.21. The van der Waals surface area contributed by atoms with Crippen LogP contribution in [0.1, 0.15) is 30.9 Å². The van der Waals surface area contributed by atoms with Gasteiger partial charge in [0.15, 0.2) is 0 Å². The van der Waals surface area contributed by atoms with E-state index in [0.29, 0.717) is 5.92 Å². The average Bonchev–Trinajstić information content (AvgIpc) is 1.90. The lowest BCUT2D eigenvalue weighted by Crippen LogP contribution is -2.21. The Morgan fingerprint density at radius 1 is 1.55 bits per heavy atom. The molecule has 11 heavy (non-hydrogen) atoms. The summed E-state index contributed by atoms with van der Waals surface area (Å²) in [7, 11) is 0. The van der Waals surface area contributed by atoms with Gasteiger partial charge in [-0.1, -0.05) is 6.42 Å². The maximum absolute atomic E-state index is 11.1. The van der Waals surface area contributed by atoms with Crippen LogP contribution in [0, 0.1) is 0 Å². The second-order valence-corrected chi connectivity index (χ2v) is 2.93. The smallest absolute Gasteiger partial charge is 0.269 e. The van der Waals surface area contributed by atoms with Gasteiger partial charge >= 0.3 is 0 Å². The van der Waals surface area contributed by atoms with Crippen molar-refractivity contribution in [3.05, 3.63) is 28.4 Å². The normalized spacial score (nSPS) is 17.8. The van der Waals surface area contributed by atoms with Gasteiger partial charge in [-0.15, -0.1) is 0 Å². The van der Waals surface area contributed by atoms with Crippen LogP contribution in [-0.4, -0.2) is 9.97 Å². The summed E-state index contributed by atoms with van der Waals surface area (Å²) >= 11 is 0. The summed E-state index contributed by atoms with van der Waals surface area (Å²) in [5.41, 5.74) is 0.705. The SMILES string of the molecule is O=c1[nH]ccnc1C1CCC1. The van der Waals surface area contributed by atoms with Gasteiger partial charge in [-0.25, -0.2) is 0 Å². The van der Waals surface area contributed by atoms with E-state index in [0.717, 1.165) is 18.5 Å². The molecular formula is C8H10N2O. The van der Waals surface area contributed by atoms with Gasteiger partial charge in [0.25, 0.3) is 5.56 Å². The molecule has 1 aromatic rings. The maximum atomic E-state index is 11.1. The van der Waals surface area contributed by atoms with Crippen molar-refractivity contribution in [1.29, 1.82) is 0 Å². The molecule has 58 valence electrons. The lowest BCUT2D eigenvalue weighted by molar-refractivity contribution is 0.407. The molecule has 1 fully saturated rings. The summed E-state index contributed by atoms with van der Waals surface area (Å²) in [6.45, 7) is 0. The topological polar surface area (TPSA) is 45.8 Å². The fourth-order valence-electron chi connectivity index (χ4n) is 1.34. The molecule has 0 aromatic carbocycles. The fraction of sp³-hybridized carbons (Fsp3) is 0.500. The third kappa shape index (κ3) is 1.06. The molecule has 0 spiro atoms. The van der Waals surface area contributed by atoms with Gasteiger partial charge < -0.3 is 4.98 Å². The first-order valence-electron chi connectivity index (χ1n) is 3.91. The molecule has 2 rings (SSSR count). The minimum absolute atomic E-state index is 0.0165. The van der Waals surface area contributed by atoms with Crippen LogP contribution < -0.4 is 5.56 Å². The van der Waals surface area contributed by atoms with Gasteiger partial charge in [-0.05, 0) is 12.8 Å². The Hall–Kier alpha value is -1.12. The zero-order valence-corrected chi connectivity index (χ0v) is 6.21. The Kier molecular flexibility index (Phi) is 1.49. The van der Waals surface area contributed by atoms with Gasteiger partial charge in [-0.2, -0.15) is 0 Å². The molecule has 0 atom stereocenters. The van der Waals surface area contributed by atoms with Crippen LogP contribution in [0.3, 0.4) is 0 Å². The van der Waals surface area contributed by atoms with E-state index in [1.165, 1.54) is 6.42 Å². The summed E-state index contributed by atoms with van der Waals surface area (Å²) in [5, 5.41) is 0. The Bertz CT molecular complexity index is 301. The molecule has 1 aliphatic rings. The zero-order chi connectivity index (χ0) is 7.68. The average molecular weight is 150 g/mol. The number of hydrogen-bond acceptors (Lipinski definition) is 2. The van der Waals surface area contributed by atoms with E-state index >= 15 is 0 Å². The molecule has 1 aromatic heterocycles. The third-order valence-corrected chi connectivity index (χ3v) is 2.23. The molecule has 3 heteroatoms. The van der Waals surface area contributed by atoms with Crippen LogP contribution in [0.5, 0.6) is 0 Å². The maximum Gasteiger partial charge on any atom is 0.269 e. The standard InChI is InChI=1S/C8H10N2O/c11-8-7(6-2-1-3-6)9-4-5-10-8/h4-6H,1-3H2,(H,10,11). The van der Waals surface area contributed by atoms with Crippen LogP contribution in [0.25, 0.3) is 0 Å². The highest BCUT2D eigenvalue weighted by molar-refractivity contribution is 5.06. The first kappa shape index (κ1) is 6.58. The molecule has 1 heterocycles. The molecule has 0 saturated heterocycles. The summed E-state index contributed by atoms with van der Waals surface area (Å²) in [5.74, 6) is 0.431. The third-order valence-electron chi connectivity index (χ3n) is 2.23. The minimum Gasteiger partial charge on any atom is -0.326 e. The van der Waals surface area contributed by atoms with Crippen LogP contribution in [0.15, 0.2) is 17.2 Å². The predicted octanol–water partition coefficient (Wildman–Crippen LogP) is 1.04. The first-order chi connectivity index (χ1) is 5.38. The number of aromatic amines is 1. The van der Waals surface area contributed by atoms with Crippen LogP contribution in [-0.2, 0) is 0 Å². The molecule has 3 nitrogen and oxygen atoms in total. The molecule has 1 saturated carbocycles. The van der Waals surface area contributed by atoms with Gasteiger partial charge in [0, 0.05) is 18.3 Å². The molecular weight excluding hydrogens is 140 g/mol. The highest BCUT2D eigenvalue weighted by Crippen LogP contribution is 2.33. The minimum atomic E-state index is -0.0165. The summed E-state index contributed by atoms with van der Waals surface area (Å²) in [4.78, 5) is 17.8. The lowest BCUT2D eigenvalue weighted by Gasteiger charge is -2.23. The van der Waals surface area contributed by atoms with E-state index in [4.69, 9.17) is 0 Å². The Morgan fingerprint density at radius 3 is 2.91 bits per heavy atom. The number of aromatic nitrogens is 2. The van der Waals surface area contributed by atoms with Gasteiger partial charge in [0.1, 0.15) is 5.69 Å². The Morgan fingerprint density at radius 2 is 2.36 bits per heavy atom. The number of rotatable bonds is 1. The lowest BCUT2D eigenvalue weighted by atomic mass is 9.83. The van der Waals surface area contributed by atoms with E-state index in [9.17, 15) is 4.79 Å². The highest BCUT2D eigenvalue weighted by atomic mass is 16.1. The highest BCUT2D eigenvalue weighted by Gasteiger charge is 2.22. The van der Waals surface area contributed by atoms with Crippen molar-refractivity contribution in [2.45, 2.75) is 25.2 Å². The molecule has 0 radical (unpaired) electrons.